The summed E-state index contributed by atoms with van der Waals surface area (Å²) in [7, 11) is 0. The lowest BCUT2D eigenvalue weighted by Crippen LogP contribution is -2.29. The molecule has 1 heterocycles. The van der Waals surface area contributed by atoms with Crippen LogP contribution in [0.2, 0.25) is 0 Å². The Kier molecular flexibility index (Phi) is 5.99. The van der Waals surface area contributed by atoms with Crippen molar-refractivity contribution in [3.8, 4) is 5.75 Å². The van der Waals surface area contributed by atoms with Gasteiger partial charge < -0.3 is 19.7 Å². The number of benzene rings is 2. The van der Waals surface area contributed by atoms with Gasteiger partial charge in [-0.2, -0.15) is 0 Å². The minimum Gasteiger partial charge on any atom is -0.478 e. The molecule has 0 spiro atoms. The van der Waals surface area contributed by atoms with E-state index in [2.05, 4.69) is 35.4 Å². The third kappa shape index (κ3) is 4.98. The normalized spacial score (nSPS) is 20.3. The summed E-state index contributed by atoms with van der Waals surface area (Å²) in [5, 5.41) is 12.8. The number of aryl methyl sites for hydroxylation is 1. The molecule has 0 amide bonds. The molecule has 2 atom stereocenters. The standard InChI is InChI=1S/C25H28F3N3O3/c1-14-11-17(13-24(3,4)12-14)31-20-10-9-19(22(32)33)15(2)21(20)30-23(31)29-16-5-7-18(8-6-16)34-25(26,27)28/h5-10,14,17H,11-13H2,1-4H3,(H,29,30)(H,32,33)/t14-,17-/m1/s1. The zero-order chi connectivity index (χ0) is 24.8. The van der Waals surface area contributed by atoms with Crippen LogP contribution in [0.25, 0.3) is 11.0 Å². The summed E-state index contributed by atoms with van der Waals surface area (Å²) in [4.78, 5) is 16.4. The Hall–Kier alpha value is -3.23. The molecule has 0 radical (unpaired) electrons. The van der Waals surface area contributed by atoms with Crippen LogP contribution in [0, 0.1) is 18.3 Å². The van der Waals surface area contributed by atoms with Crippen molar-refractivity contribution in [1.29, 1.82) is 0 Å². The van der Waals surface area contributed by atoms with Gasteiger partial charge in [-0.15, -0.1) is 13.2 Å². The first-order valence-corrected chi connectivity index (χ1v) is 11.2. The summed E-state index contributed by atoms with van der Waals surface area (Å²) in [6.07, 6.45) is -1.77. The van der Waals surface area contributed by atoms with Gasteiger partial charge in [0.2, 0.25) is 5.95 Å². The van der Waals surface area contributed by atoms with Crippen molar-refractivity contribution in [3.63, 3.8) is 0 Å². The fourth-order valence-electron chi connectivity index (χ4n) is 5.35. The van der Waals surface area contributed by atoms with Gasteiger partial charge >= 0.3 is 12.3 Å². The van der Waals surface area contributed by atoms with E-state index >= 15 is 0 Å². The van der Waals surface area contributed by atoms with Crippen molar-refractivity contribution in [3.05, 3.63) is 47.5 Å². The van der Waals surface area contributed by atoms with E-state index in [4.69, 9.17) is 4.98 Å². The summed E-state index contributed by atoms with van der Waals surface area (Å²) in [5.41, 5.74) is 2.86. The first kappa shape index (κ1) is 23.9. The van der Waals surface area contributed by atoms with Crippen LogP contribution in [-0.2, 0) is 0 Å². The second-order valence-electron chi connectivity index (χ2n) is 9.98. The van der Waals surface area contributed by atoms with Gasteiger partial charge in [0.1, 0.15) is 5.75 Å². The second-order valence-corrected chi connectivity index (χ2v) is 9.98. The highest BCUT2D eigenvalue weighted by Gasteiger charge is 2.35. The fourth-order valence-corrected chi connectivity index (χ4v) is 5.35. The third-order valence-corrected chi connectivity index (χ3v) is 6.42. The minimum absolute atomic E-state index is 0.128. The second kappa shape index (κ2) is 8.52. The molecule has 34 heavy (non-hydrogen) atoms. The van der Waals surface area contributed by atoms with Crippen LogP contribution in [0.3, 0.4) is 0 Å². The van der Waals surface area contributed by atoms with Gasteiger partial charge in [0.15, 0.2) is 0 Å². The number of carboxylic acid groups (broad SMARTS) is 1. The lowest BCUT2D eigenvalue weighted by atomic mass is 9.70. The smallest absolute Gasteiger partial charge is 0.478 e. The largest absolute Gasteiger partial charge is 0.573 e. The Morgan fingerprint density at radius 2 is 1.85 bits per heavy atom. The highest BCUT2D eigenvalue weighted by atomic mass is 19.4. The van der Waals surface area contributed by atoms with E-state index in [1.54, 1.807) is 19.1 Å². The molecular formula is C25H28F3N3O3. The van der Waals surface area contributed by atoms with Crippen molar-refractivity contribution in [2.45, 2.75) is 59.4 Å². The molecule has 2 aromatic carbocycles. The lowest BCUT2D eigenvalue weighted by molar-refractivity contribution is -0.274. The van der Waals surface area contributed by atoms with Gasteiger partial charge in [0.05, 0.1) is 16.6 Å². The predicted octanol–water partition coefficient (Wildman–Crippen LogP) is 7.07. The number of carbonyl (C=O) groups is 1. The first-order chi connectivity index (χ1) is 15.8. The van der Waals surface area contributed by atoms with E-state index in [0.717, 1.165) is 24.8 Å². The van der Waals surface area contributed by atoms with Crippen LogP contribution in [0.4, 0.5) is 24.8 Å². The molecule has 6 nitrogen and oxygen atoms in total. The average molecular weight is 476 g/mol. The highest BCUT2D eigenvalue weighted by Crippen LogP contribution is 2.46. The molecule has 1 fully saturated rings. The Bertz CT molecular complexity index is 1220. The number of carboxylic acids is 1. The number of aromatic carboxylic acids is 1. The van der Waals surface area contributed by atoms with E-state index in [9.17, 15) is 23.1 Å². The summed E-state index contributed by atoms with van der Waals surface area (Å²) in [6.45, 7) is 8.46. The van der Waals surface area contributed by atoms with Crippen molar-refractivity contribution >= 4 is 28.6 Å². The van der Waals surface area contributed by atoms with Crippen LogP contribution >= 0.6 is 0 Å². The van der Waals surface area contributed by atoms with Gasteiger partial charge in [-0.1, -0.05) is 20.8 Å². The number of hydrogen-bond donors (Lipinski definition) is 2. The first-order valence-electron chi connectivity index (χ1n) is 11.2. The monoisotopic (exact) mass is 475 g/mol. The number of nitrogens with one attached hydrogen (secondary N) is 1. The number of alkyl halides is 3. The van der Waals surface area contributed by atoms with E-state index in [1.807, 2.05) is 0 Å². The van der Waals surface area contributed by atoms with Gasteiger partial charge in [-0.3, -0.25) is 0 Å². The van der Waals surface area contributed by atoms with Crippen LogP contribution in [0.5, 0.6) is 5.75 Å². The molecule has 1 aliphatic carbocycles. The quantitative estimate of drug-likeness (QED) is 0.413. The maximum atomic E-state index is 12.5. The molecule has 182 valence electrons. The van der Waals surface area contributed by atoms with E-state index < -0.39 is 12.3 Å². The van der Waals surface area contributed by atoms with Crippen LogP contribution < -0.4 is 10.1 Å². The third-order valence-electron chi connectivity index (χ3n) is 6.42. The van der Waals surface area contributed by atoms with Crippen molar-refractivity contribution in [2.75, 3.05) is 5.32 Å². The van der Waals surface area contributed by atoms with E-state index in [1.165, 1.54) is 24.3 Å². The zero-order valence-electron chi connectivity index (χ0n) is 19.5. The average Bonchev–Trinajstić information content (AvgIpc) is 3.06. The molecule has 0 saturated heterocycles. The van der Waals surface area contributed by atoms with E-state index in [-0.39, 0.29) is 22.8 Å². The van der Waals surface area contributed by atoms with Gasteiger partial charge in [0.25, 0.3) is 0 Å². The molecule has 4 rings (SSSR count). The Labute approximate surface area is 195 Å². The number of imidazole rings is 1. The Balaban J connectivity index is 1.78. The number of nitrogens with zero attached hydrogens (tertiary/aromatic N) is 2. The number of anilines is 2. The molecular weight excluding hydrogens is 447 g/mol. The SMILES string of the molecule is Cc1c(C(=O)O)ccc2c1nc(Nc1ccc(OC(F)(F)F)cc1)n2[C@@H]1C[C@@H](C)CC(C)(C)C1. The van der Waals surface area contributed by atoms with Crippen LogP contribution in [-0.4, -0.2) is 27.0 Å². The van der Waals surface area contributed by atoms with Crippen molar-refractivity contribution in [1.82, 2.24) is 9.55 Å². The van der Waals surface area contributed by atoms with E-state index in [0.29, 0.717) is 28.6 Å². The highest BCUT2D eigenvalue weighted by molar-refractivity contribution is 5.96. The minimum atomic E-state index is -4.76. The van der Waals surface area contributed by atoms with Gasteiger partial charge in [-0.05, 0) is 79.5 Å². The number of aromatic nitrogens is 2. The summed E-state index contributed by atoms with van der Waals surface area (Å²) in [6, 6.07) is 8.99. The van der Waals surface area contributed by atoms with Crippen molar-refractivity contribution in [2.24, 2.45) is 11.3 Å². The topological polar surface area (TPSA) is 76.4 Å². The molecule has 0 aliphatic heterocycles. The summed E-state index contributed by atoms with van der Waals surface area (Å²) >= 11 is 0. The van der Waals surface area contributed by atoms with Gasteiger partial charge in [0, 0.05) is 11.7 Å². The number of hydrogen-bond acceptors (Lipinski definition) is 4. The molecule has 0 bridgehead atoms. The lowest BCUT2D eigenvalue weighted by Gasteiger charge is -2.40. The maximum absolute atomic E-state index is 12.5. The Morgan fingerprint density at radius 3 is 2.44 bits per heavy atom. The molecule has 2 N–H and O–H groups in total. The molecule has 1 saturated carbocycles. The van der Waals surface area contributed by atoms with Gasteiger partial charge in [-0.25, -0.2) is 9.78 Å². The summed E-state index contributed by atoms with van der Waals surface area (Å²) in [5.74, 6) is -0.301. The number of halogens is 3. The zero-order valence-corrected chi connectivity index (χ0v) is 19.5. The molecule has 0 unspecified atom stereocenters. The van der Waals surface area contributed by atoms with Crippen LogP contribution in [0.15, 0.2) is 36.4 Å². The molecule has 1 aliphatic rings. The van der Waals surface area contributed by atoms with Crippen LogP contribution in [0.1, 0.15) is 62.0 Å². The molecule has 1 aromatic heterocycles. The number of ether oxygens (including phenoxy) is 1. The molecule has 9 heteroatoms. The van der Waals surface area contributed by atoms with Crippen molar-refractivity contribution < 1.29 is 27.8 Å². The summed E-state index contributed by atoms with van der Waals surface area (Å²) < 4.78 is 43.6. The Morgan fingerprint density at radius 1 is 1.18 bits per heavy atom. The fraction of sp³-hybridized carbons (Fsp3) is 0.440. The number of rotatable bonds is 5. The molecule has 3 aromatic rings. The number of fused-ring (bicyclic) bond motifs is 1. The predicted molar refractivity (Wildman–Crippen MR) is 124 cm³/mol. The maximum Gasteiger partial charge on any atom is 0.573 e.